The number of benzene rings is 1. The van der Waals surface area contributed by atoms with Crippen molar-refractivity contribution in [2.45, 2.75) is 6.54 Å². The number of ether oxygens (including phenoxy) is 1. The minimum absolute atomic E-state index is 0.265. The summed E-state index contributed by atoms with van der Waals surface area (Å²) in [6.07, 6.45) is 2.72. The summed E-state index contributed by atoms with van der Waals surface area (Å²) in [5, 5.41) is 14.2. The van der Waals surface area contributed by atoms with Gasteiger partial charge in [-0.25, -0.2) is 0 Å². The maximum atomic E-state index is 12.0. The molecule has 0 saturated carbocycles. The first-order chi connectivity index (χ1) is 10.2. The summed E-state index contributed by atoms with van der Waals surface area (Å²) in [5.41, 5.74) is 1.82. The first-order valence-corrected chi connectivity index (χ1v) is 6.27. The first kappa shape index (κ1) is 14.5. The summed E-state index contributed by atoms with van der Waals surface area (Å²) in [7, 11) is 1.60. The van der Waals surface area contributed by atoms with Crippen molar-refractivity contribution in [3.63, 3.8) is 0 Å². The number of amides is 1. The molecule has 0 saturated heterocycles. The molecule has 1 aromatic heterocycles. The Balaban J connectivity index is 1.99. The molecule has 1 heterocycles. The molecule has 0 radical (unpaired) electrons. The third-order valence-electron chi connectivity index (χ3n) is 2.84. The highest BCUT2D eigenvalue weighted by Gasteiger charge is 2.07. The monoisotopic (exact) mass is 285 g/mol. The molecule has 2 N–H and O–H groups in total. The molecule has 0 atom stereocenters. The van der Waals surface area contributed by atoms with Gasteiger partial charge < -0.3 is 15.3 Å². The molecule has 0 fully saturated rings. The molecular weight excluding hydrogens is 270 g/mol. The van der Waals surface area contributed by atoms with Gasteiger partial charge in [0.1, 0.15) is 11.4 Å². The Morgan fingerprint density at radius 2 is 2.14 bits per heavy atom. The molecule has 0 aliphatic heterocycles. The Labute approximate surface area is 122 Å². The van der Waals surface area contributed by atoms with Crippen LogP contribution in [0.15, 0.2) is 47.8 Å². The van der Waals surface area contributed by atoms with Crippen molar-refractivity contribution in [1.29, 1.82) is 0 Å². The molecule has 1 aromatic carbocycles. The van der Waals surface area contributed by atoms with E-state index < -0.39 is 0 Å². The Morgan fingerprint density at radius 1 is 1.38 bits per heavy atom. The predicted molar refractivity (Wildman–Crippen MR) is 77.8 cm³/mol. The molecule has 0 spiro atoms. The third-order valence-corrected chi connectivity index (χ3v) is 2.84. The van der Waals surface area contributed by atoms with E-state index in [0.717, 1.165) is 11.3 Å². The second kappa shape index (κ2) is 7.04. The van der Waals surface area contributed by atoms with Gasteiger partial charge in [0.2, 0.25) is 0 Å². The molecule has 2 aromatic rings. The summed E-state index contributed by atoms with van der Waals surface area (Å²) < 4.78 is 5.07. The van der Waals surface area contributed by atoms with E-state index in [9.17, 15) is 4.79 Å². The zero-order valence-electron chi connectivity index (χ0n) is 11.5. The maximum Gasteiger partial charge on any atom is 0.270 e. The predicted octanol–water partition coefficient (Wildman–Crippen LogP) is 1.83. The lowest BCUT2D eigenvalue weighted by atomic mass is 10.2. The second-order valence-electron chi connectivity index (χ2n) is 4.25. The van der Waals surface area contributed by atoms with Crippen LogP contribution in [0.3, 0.4) is 0 Å². The van der Waals surface area contributed by atoms with E-state index in [1.54, 1.807) is 19.2 Å². The van der Waals surface area contributed by atoms with E-state index in [2.05, 4.69) is 15.5 Å². The lowest BCUT2D eigenvalue weighted by molar-refractivity contribution is 0.0946. The highest BCUT2D eigenvalue weighted by molar-refractivity contribution is 5.94. The number of hydrogen-bond acceptors (Lipinski definition) is 5. The summed E-state index contributed by atoms with van der Waals surface area (Å²) >= 11 is 0. The fraction of sp³-hybridized carbons (Fsp3) is 0.133. The van der Waals surface area contributed by atoms with Gasteiger partial charge in [0.15, 0.2) is 0 Å². The number of hydrogen-bond donors (Lipinski definition) is 2. The SMILES string of the molecule is COc1ccc(CNC(=O)c2cc(C=NO)ccn2)cc1. The topological polar surface area (TPSA) is 83.8 Å². The van der Waals surface area contributed by atoms with Gasteiger partial charge in [-0.05, 0) is 35.4 Å². The van der Waals surface area contributed by atoms with Crippen LogP contribution in [-0.2, 0) is 6.54 Å². The smallest absolute Gasteiger partial charge is 0.270 e. The van der Waals surface area contributed by atoms with Gasteiger partial charge in [-0.3, -0.25) is 9.78 Å². The second-order valence-corrected chi connectivity index (χ2v) is 4.25. The van der Waals surface area contributed by atoms with Gasteiger partial charge in [0.25, 0.3) is 5.91 Å². The Hall–Kier alpha value is -2.89. The quantitative estimate of drug-likeness (QED) is 0.498. The number of methoxy groups -OCH3 is 1. The van der Waals surface area contributed by atoms with E-state index >= 15 is 0 Å². The minimum Gasteiger partial charge on any atom is -0.497 e. The zero-order chi connectivity index (χ0) is 15.1. The van der Waals surface area contributed by atoms with Gasteiger partial charge in [0.05, 0.1) is 13.3 Å². The summed E-state index contributed by atoms with van der Waals surface area (Å²) in [5.74, 6) is 0.474. The number of aromatic nitrogens is 1. The van der Waals surface area contributed by atoms with Gasteiger partial charge >= 0.3 is 0 Å². The number of nitrogens with one attached hydrogen (secondary N) is 1. The normalized spacial score (nSPS) is 10.5. The molecule has 0 bridgehead atoms. The molecule has 1 amide bonds. The standard InChI is InChI=1S/C15H15N3O3/c1-21-13-4-2-11(3-5-13)9-17-15(19)14-8-12(10-18-20)6-7-16-14/h2-8,10,20H,9H2,1H3,(H,17,19). The first-order valence-electron chi connectivity index (χ1n) is 6.27. The summed E-state index contributed by atoms with van der Waals surface area (Å²) in [4.78, 5) is 16.0. The lowest BCUT2D eigenvalue weighted by Crippen LogP contribution is -2.23. The number of nitrogens with zero attached hydrogens (tertiary/aromatic N) is 2. The fourth-order valence-electron chi connectivity index (χ4n) is 1.73. The molecule has 2 rings (SSSR count). The number of rotatable bonds is 5. The van der Waals surface area contributed by atoms with Crippen LogP contribution < -0.4 is 10.1 Å². The van der Waals surface area contributed by atoms with E-state index in [-0.39, 0.29) is 11.6 Å². The fourth-order valence-corrected chi connectivity index (χ4v) is 1.73. The van der Waals surface area contributed by atoms with Crippen LogP contribution >= 0.6 is 0 Å². The molecule has 108 valence electrons. The third kappa shape index (κ3) is 4.04. The van der Waals surface area contributed by atoms with Crippen LogP contribution in [0.1, 0.15) is 21.6 Å². The van der Waals surface area contributed by atoms with Crippen molar-refractivity contribution in [3.05, 3.63) is 59.4 Å². The number of oxime groups is 1. The molecule has 6 heteroatoms. The zero-order valence-corrected chi connectivity index (χ0v) is 11.5. The van der Waals surface area contributed by atoms with Crippen LogP contribution in [0, 0.1) is 0 Å². The van der Waals surface area contributed by atoms with Crippen LogP contribution in [0.2, 0.25) is 0 Å². The molecular formula is C15H15N3O3. The summed E-state index contributed by atoms with van der Waals surface area (Å²) in [6.45, 7) is 0.392. The van der Waals surface area contributed by atoms with Crippen molar-refractivity contribution in [2.24, 2.45) is 5.16 Å². The molecule has 6 nitrogen and oxygen atoms in total. The maximum absolute atomic E-state index is 12.0. The molecule has 0 unspecified atom stereocenters. The average Bonchev–Trinajstić information content (AvgIpc) is 2.53. The average molecular weight is 285 g/mol. The van der Waals surface area contributed by atoms with Crippen molar-refractivity contribution >= 4 is 12.1 Å². The highest BCUT2D eigenvalue weighted by Crippen LogP contribution is 2.11. The van der Waals surface area contributed by atoms with Gasteiger partial charge in [-0.2, -0.15) is 0 Å². The largest absolute Gasteiger partial charge is 0.497 e. The van der Waals surface area contributed by atoms with Gasteiger partial charge in [0, 0.05) is 12.7 Å². The molecule has 0 aliphatic rings. The van der Waals surface area contributed by atoms with Gasteiger partial charge in [-0.1, -0.05) is 17.3 Å². The van der Waals surface area contributed by atoms with Crippen LogP contribution in [0.25, 0.3) is 0 Å². The number of carbonyl (C=O) groups is 1. The van der Waals surface area contributed by atoms with E-state index in [4.69, 9.17) is 9.94 Å². The Kier molecular flexibility index (Phi) is 4.87. The van der Waals surface area contributed by atoms with Crippen molar-refractivity contribution in [3.8, 4) is 5.75 Å². The van der Waals surface area contributed by atoms with Crippen LogP contribution in [0.4, 0.5) is 0 Å². The number of carbonyl (C=O) groups excluding carboxylic acids is 1. The van der Waals surface area contributed by atoms with Crippen LogP contribution in [0.5, 0.6) is 5.75 Å². The molecule has 21 heavy (non-hydrogen) atoms. The Morgan fingerprint density at radius 3 is 2.81 bits per heavy atom. The van der Waals surface area contributed by atoms with Crippen molar-refractivity contribution in [1.82, 2.24) is 10.3 Å². The van der Waals surface area contributed by atoms with E-state index in [0.29, 0.717) is 12.1 Å². The molecule has 0 aliphatic carbocycles. The van der Waals surface area contributed by atoms with Crippen molar-refractivity contribution < 1.29 is 14.7 Å². The minimum atomic E-state index is -0.293. The summed E-state index contributed by atoms with van der Waals surface area (Å²) in [6, 6.07) is 10.6. The highest BCUT2D eigenvalue weighted by atomic mass is 16.5. The van der Waals surface area contributed by atoms with Gasteiger partial charge in [-0.15, -0.1) is 0 Å². The van der Waals surface area contributed by atoms with E-state index in [1.165, 1.54) is 12.4 Å². The van der Waals surface area contributed by atoms with E-state index in [1.807, 2.05) is 24.3 Å². The van der Waals surface area contributed by atoms with Crippen molar-refractivity contribution in [2.75, 3.05) is 7.11 Å². The number of pyridine rings is 1. The lowest BCUT2D eigenvalue weighted by Gasteiger charge is -2.06. The Bertz CT molecular complexity index is 639. The van der Waals surface area contributed by atoms with Crippen LogP contribution in [-0.4, -0.2) is 29.4 Å².